The fourth-order valence-electron chi connectivity index (χ4n) is 2.53. The molecular formula is C14H19N3S. The number of anilines is 1. The molecule has 96 valence electrons. The minimum atomic E-state index is 0.586. The molecule has 1 aromatic heterocycles. The zero-order valence-electron chi connectivity index (χ0n) is 11.4. The maximum atomic E-state index is 9.33. The number of aryl methyl sites for hydroxylation is 2. The molecule has 0 aromatic carbocycles. The molecule has 2 heterocycles. The van der Waals surface area contributed by atoms with E-state index < -0.39 is 0 Å². The van der Waals surface area contributed by atoms with Crippen molar-refractivity contribution in [1.82, 2.24) is 4.98 Å². The Hall–Kier alpha value is -1.21. The molecule has 0 bridgehead atoms. The van der Waals surface area contributed by atoms with Crippen LogP contribution < -0.4 is 4.90 Å². The van der Waals surface area contributed by atoms with Crippen LogP contribution in [0.15, 0.2) is 6.07 Å². The second-order valence-electron chi connectivity index (χ2n) is 5.05. The minimum absolute atomic E-state index is 0.586. The zero-order chi connectivity index (χ0) is 13.3. The Kier molecular flexibility index (Phi) is 3.82. The lowest BCUT2D eigenvalue weighted by Gasteiger charge is -2.36. The Morgan fingerprint density at radius 1 is 1.33 bits per heavy atom. The van der Waals surface area contributed by atoms with Gasteiger partial charge < -0.3 is 4.90 Å². The molecule has 0 radical (unpaired) electrons. The normalized spacial score (nSPS) is 23.8. The molecule has 1 aliphatic rings. The second-order valence-corrected chi connectivity index (χ2v) is 6.93. The van der Waals surface area contributed by atoms with Crippen LogP contribution in [0.2, 0.25) is 0 Å². The van der Waals surface area contributed by atoms with Gasteiger partial charge in [0, 0.05) is 29.3 Å². The van der Waals surface area contributed by atoms with Gasteiger partial charge in [-0.1, -0.05) is 13.8 Å². The molecule has 0 amide bonds. The third-order valence-electron chi connectivity index (χ3n) is 3.16. The summed E-state index contributed by atoms with van der Waals surface area (Å²) in [6.45, 7) is 10.4. The lowest BCUT2D eigenvalue weighted by Crippen LogP contribution is -2.41. The third kappa shape index (κ3) is 2.62. The van der Waals surface area contributed by atoms with E-state index in [0.717, 1.165) is 35.7 Å². The van der Waals surface area contributed by atoms with E-state index in [-0.39, 0.29) is 0 Å². The number of aromatic nitrogens is 1. The predicted octanol–water partition coefficient (Wildman–Crippen LogP) is 2.90. The van der Waals surface area contributed by atoms with Crippen molar-refractivity contribution in [3.63, 3.8) is 0 Å². The van der Waals surface area contributed by atoms with Crippen LogP contribution in [0.5, 0.6) is 0 Å². The number of hydrogen-bond acceptors (Lipinski definition) is 4. The van der Waals surface area contributed by atoms with Gasteiger partial charge >= 0.3 is 0 Å². The Balaban J connectivity index is 2.41. The Morgan fingerprint density at radius 2 is 1.94 bits per heavy atom. The minimum Gasteiger partial charge on any atom is -0.353 e. The first-order valence-corrected chi connectivity index (χ1v) is 7.24. The van der Waals surface area contributed by atoms with Crippen LogP contribution in [-0.2, 0) is 0 Å². The molecule has 3 nitrogen and oxygen atoms in total. The van der Waals surface area contributed by atoms with E-state index in [1.807, 2.05) is 31.7 Å². The van der Waals surface area contributed by atoms with Gasteiger partial charge in [0.2, 0.25) is 0 Å². The Morgan fingerprint density at radius 3 is 2.50 bits per heavy atom. The quantitative estimate of drug-likeness (QED) is 0.779. The summed E-state index contributed by atoms with van der Waals surface area (Å²) in [5, 5.41) is 10.5. The van der Waals surface area contributed by atoms with E-state index in [9.17, 15) is 5.26 Å². The fourth-order valence-corrected chi connectivity index (χ4v) is 3.86. The lowest BCUT2D eigenvalue weighted by molar-refractivity contribution is 0.715. The largest absolute Gasteiger partial charge is 0.353 e. The molecule has 18 heavy (non-hydrogen) atoms. The van der Waals surface area contributed by atoms with E-state index in [4.69, 9.17) is 0 Å². The number of nitrogens with zero attached hydrogens (tertiary/aromatic N) is 3. The van der Waals surface area contributed by atoms with Crippen LogP contribution in [-0.4, -0.2) is 28.6 Å². The van der Waals surface area contributed by atoms with Gasteiger partial charge in [-0.25, -0.2) is 4.98 Å². The number of thioether (sulfide) groups is 1. The molecule has 1 saturated heterocycles. The van der Waals surface area contributed by atoms with Gasteiger partial charge in [-0.05, 0) is 25.5 Å². The molecule has 0 N–H and O–H groups in total. The van der Waals surface area contributed by atoms with E-state index in [1.165, 1.54) is 0 Å². The molecule has 1 aromatic rings. The average Bonchev–Trinajstić information content (AvgIpc) is 2.26. The number of pyridine rings is 1. The molecule has 2 atom stereocenters. The predicted molar refractivity (Wildman–Crippen MR) is 77.2 cm³/mol. The van der Waals surface area contributed by atoms with E-state index >= 15 is 0 Å². The van der Waals surface area contributed by atoms with Gasteiger partial charge in [0.25, 0.3) is 0 Å². The zero-order valence-corrected chi connectivity index (χ0v) is 12.2. The van der Waals surface area contributed by atoms with Crippen molar-refractivity contribution < 1.29 is 0 Å². The smallest absolute Gasteiger partial charge is 0.147 e. The van der Waals surface area contributed by atoms with Crippen molar-refractivity contribution in [2.75, 3.05) is 18.0 Å². The van der Waals surface area contributed by atoms with Crippen LogP contribution in [0.25, 0.3) is 0 Å². The molecule has 0 spiro atoms. The van der Waals surface area contributed by atoms with Crippen molar-refractivity contribution in [3.05, 3.63) is 22.9 Å². The van der Waals surface area contributed by atoms with E-state index in [2.05, 4.69) is 29.8 Å². The molecule has 1 aliphatic heterocycles. The van der Waals surface area contributed by atoms with Crippen LogP contribution in [0.4, 0.5) is 5.82 Å². The highest BCUT2D eigenvalue weighted by molar-refractivity contribution is 8.00. The van der Waals surface area contributed by atoms with Crippen molar-refractivity contribution in [1.29, 1.82) is 5.26 Å². The summed E-state index contributed by atoms with van der Waals surface area (Å²) in [6.07, 6.45) is 0. The Bertz CT molecular complexity index is 483. The number of rotatable bonds is 1. The van der Waals surface area contributed by atoms with Crippen LogP contribution >= 0.6 is 11.8 Å². The molecule has 0 aliphatic carbocycles. The number of hydrogen-bond donors (Lipinski definition) is 0. The SMILES string of the molecule is Cc1cc(C)c(C#N)c(N2CC(C)SC(C)C2)n1. The summed E-state index contributed by atoms with van der Waals surface area (Å²) < 4.78 is 0. The van der Waals surface area contributed by atoms with Gasteiger partial charge in [-0.15, -0.1) is 0 Å². The molecule has 2 rings (SSSR count). The monoisotopic (exact) mass is 261 g/mol. The van der Waals surface area contributed by atoms with Gasteiger partial charge in [0.05, 0.1) is 5.56 Å². The van der Waals surface area contributed by atoms with Crippen molar-refractivity contribution in [3.8, 4) is 6.07 Å². The van der Waals surface area contributed by atoms with Gasteiger partial charge in [0.1, 0.15) is 11.9 Å². The van der Waals surface area contributed by atoms with Gasteiger partial charge in [0.15, 0.2) is 0 Å². The first-order valence-electron chi connectivity index (χ1n) is 6.30. The van der Waals surface area contributed by atoms with E-state index in [1.54, 1.807) is 0 Å². The number of nitriles is 1. The third-order valence-corrected chi connectivity index (χ3v) is 4.38. The average molecular weight is 261 g/mol. The summed E-state index contributed by atoms with van der Waals surface area (Å²) in [5.41, 5.74) is 2.74. The van der Waals surface area contributed by atoms with Gasteiger partial charge in [-0.2, -0.15) is 17.0 Å². The van der Waals surface area contributed by atoms with Crippen LogP contribution in [0.1, 0.15) is 30.7 Å². The fraction of sp³-hybridized carbons (Fsp3) is 0.571. The van der Waals surface area contributed by atoms with E-state index in [0.29, 0.717) is 10.5 Å². The first kappa shape index (κ1) is 13.2. The topological polar surface area (TPSA) is 39.9 Å². The summed E-state index contributed by atoms with van der Waals surface area (Å²) in [5.74, 6) is 0.869. The lowest BCUT2D eigenvalue weighted by atomic mass is 10.1. The summed E-state index contributed by atoms with van der Waals surface area (Å²) in [4.78, 5) is 6.86. The Labute approximate surface area is 113 Å². The van der Waals surface area contributed by atoms with Crippen molar-refractivity contribution in [2.24, 2.45) is 0 Å². The molecule has 2 unspecified atom stereocenters. The maximum Gasteiger partial charge on any atom is 0.147 e. The highest BCUT2D eigenvalue weighted by Gasteiger charge is 2.25. The van der Waals surface area contributed by atoms with Crippen LogP contribution in [0.3, 0.4) is 0 Å². The highest BCUT2D eigenvalue weighted by atomic mass is 32.2. The summed E-state index contributed by atoms with van der Waals surface area (Å²) in [7, 11) is 0. The molecule has 1 fully saturated rings. The van der Waals surface area contributed by atoms with Crippen LogP contribution in [0, 0.1) is 25.2 Å². The van der Waals surface area contributed by atoms with Crippen molar-refractivity contribution in [2.45, 2.75) is 38.2 Å². The standard InChI is InChI=1S/C14H19N3S/c1-9-5-10(2)16-14(13(9)6-15)17-7-11(3)18-12(4)8-17/h5,11-12H,7-8H2,1-4H3. The second kappa shape index (κ2) is 5.19. The molecular weight excluding hydrogens is 242 g/mol. The van der Waals surface area contributed by atoms with Crippen molar-refractivity contribution >= 4 is 17.6 Å². The summed E-state index contributed by atoms with van der Waals surface area (Å²) in [6, 6.07) is 4.29. The molecule has 0 saturated carbocycles. The molecule has 4 heteroatoms. The summed E-state index contributed by atoms with van der Waals surface area (Å²) >= 11 is 2.01. The van der Waals surface area contributed by atoms with Gasteiger partial charge in [-0.3, -0.25) is 0 Å². The first-order chi connectivity index (χ1) is 8.51. The maximum absolute atomic E-state index is 9.33. The highest BCUT2D eigenvalue weighted by Crippen LogP contribution is 2.30.